The molecule has 0 saturated heterocycles. The quantitative estimate of drug-likeness (QED) is 0.396. The molecule has 0 fully saturated rings. The van der Waals surface area contributed by atoms with Crippen LogP contribution in [0, 0.1) is 17.5 Å². The number of hydrogen-bond acceptors (Lipinski definition) is 3. The first-order chi connectivity index (χ1) is 15.6. The summed E-state index contributed by atoms with van der Waals surface area (Å²) in [4.78, 5) is 16.7. The van der Waals surface area contributed by atoms with E-state index in [1.807, 2.05) is 0 Å². The molecular weight excluding hydrogens is 452 g/mol. The molecule has 5 nitrogen and oxygen atoms in total. The number of imidazole rings is 1. The summed E-state index contributed by atoms with van der Waals surface area (Å²) in [5.41, 5.74) is 0.746. The Hall–Kier alpha value is -4.02. The number of halogens is 6. The molecule has 0 spiro atoms. The number of rotatable bonds is 5. The molecule has 0 unspecified atom stereocenters. The topological polar surface area (TPSA) is 55.6 Å². The van der Waals surface area contributed by atoms with E-state index in [-0.39, 0.29) is 29.1 Å². The van der Waals surface area contributed by atoms with Crippen LogP contribution in [0.15, 0.2) is 60.8 Å². The van der Waals surface area contributed by atoms with Gasteiger partial charge in [0.15, 0.2) is 17.4 Å². The van der Waals surface area contributed by atoms with E-state index in [1.165, 1.54) is 34.7 Å². The Morgan fingerprint density at radius 3 is 2.33 bits per heavy atom. The van der Waals surface area contributed by atoms with Crippen LogP contribution >= 0.6 is 0 Å². The number of fused-ring (bicyclic) bond motifs is 1. The van der Waals surface area contributed by atoms with E-state index in [0.717, 1.165) is 30.5 Å². The molecular formula is C22H13F6N3O2. The van der Waals surface area contributed by atoms with Gasteiger partial charge in [-0.1, -0.05) is 12.1 Å². The zero-order valence-corrected chi connectivity index (χ0v) is 16.5. The van der Waals surface area contributed by atoms with E-state index in [0.29, 0.717) is 5.56 Å². The van der Waals surface area contributed by atoms with Gasteiger partial charge in [0.25, 0.3) is 0 Å². The fourth-order valence-electron chi connectivity index (χ4n) is 3.20. The van der Waals surface area contributed by atoms with E-state index >= 15 is 0 Å². The molecule has 2 aromatic heterocycles. The number of aromatic nitrogens is 2. The lowest BCUT2D eigenvalue weighted by Gasteiger charge is -2.12. The number of benzene rings is 2. The number of hydrogen-bond donors (Lipinski definition) is 1. The lowest BCUT2D eigenvalue weighted by Crippen LogP contribution is -2.18. The Kier molecular flexibility index (Phi) is 5.71. The van der Waals surface area contributed by atoms with Crippen LogP contribution in [0.4, 0.5) is 32.2 Å². The molecule has 0 radical (unpaired) electrons. The summed E-state index contributed by atoms with van der Waals surface area (Å²) < 4.78 is 83.4. The number of alkyl halides is 3. The molecule has 0 atom stereocenters. The van der Waals surface area contributed by atoms with Gasteiger partial charge in [-0.2, -0.15) is 0 Å². The molecule has 0 bridgehead atoms. The highest BCUT2D eigenvalue weighted by Crippen LogP contribution is 2.34. The first kappa shape index (κ1) is 22.2. The lowest BCUT2D eigenvalue weighted by molar-refractivity contribution is -0.275. The second kappa shape index (κ2) is 8.49. The normalized spacial score (nSPS) is 11.6. The van der Waals surface area contributed by atoms with Gasteiger partial charge in [0.05, 0.1) is 12.1 Å². The molecule has 33 heavy (non-hydrogen) atoms. The van der Waals surface area contributed by atoms with Gasteiger partial charge in [-0.25, -0.2) is 18.2 Å². The van der Waals surface area contributed by atoms with Gasteiger partial charge in [-0.3, -0.25) is 9.20 Å². The van der Waals surface area contributed by atoms with Crippen molar-refractivity contribution in [1.29, 1.82) is 0 Å². The van der Waals surface area contributed by atoms with E-state index in [1.54, 1.807) is 0 Å². The highest BCUT2D eigenvalue weighted by Gasteiger charge is 2.32. The van der Waals surface area contributed by atoms with Gasteiger partial charge in [0.1, 0.15) is 17.3 Å². The number of carbonyl (C=O) groups excluding carboxylic acids is 1. The third-order valence-corrected chi connectivity index (χ3v) is 4.55. The van der Waals surface area contributed by atoms with Crippen molar-refractivity contribution in [1.82, 2.24) is 9.38 Å². The Balaban J connectivity index is 1.72. The molecule has 1 N–H and O–H groups in total. The fraction of sp³-hybridized carbons (Fsp3) is 0.0909. The third-order valence-electron chi connectivity index (χ3n) is 4.55. The molecule has 2 heterocycles. The number of carbonyl (C=O) groups is 1. The summed E-state index contributed by atoms with van der Waals surface area (Å²) in [5.74, 6) is -4.12. The summed E-state index contributed by atoms with van der Waals surface area (Å²) in [7, 11) is 0. The molecule has 0 aliphatic heterocycles. The van der Waals surface area contributed by atoms with Crippen LogP contribution in [0.5, 0.6) is 5.75 Å². The van der Waals surface area contributed by atoms with Gasteiger partial charge >= 0.3 is 6.36 Å². The van der Waals surface area contributed by atoms with Crippen LogP contribution in [-0.2, 0) is 11.2 Å². The van der Waals surface area contributed by atoms with Gasteiger partial charge in [0.2, 0.25) is 5.91 Å². The molecule has 11 heteroatoms. The second-order valence-electron chi connectivity index (χ2n) is 6.93. The van der Waals surface area contributed by atoms with Gasteiger partial charge in [-0.05, 0) is 48.0 Å². The van der Waals surface area contributed by atoms with Crippen molar-refractivity contribution in [3.63, 3.8) is 0 Å². The molecule has 0 aliphatic carbocycles. The van der Waals surface area contributed by atoms with Crippen molar-refractivity contribution in [2.24, 2.45) is 0 Å². The average molecular weight is 465 g/mol. The minimum Gasteiger partial charge on any atom is -0.403 e. The van der Waals surface area contributed by atoms with Crippen molar-refractivity contribution >= 4 is 17.4 Å². The predicted molar refractivity (Wildman–Crippen MR) is 106 cm³/mol. The van der Waals surface area contributed by atoms with E-state index < -0.39 is 35.5 Å². The molecule has 4 aromatic rings. The SMILES string of the molecule is O=C(Cc1ccc(F)cc1)Nc1nc2ccc(F)cn2c1-c1ccc(OC(F)(F)F)c(F)c1. The van der Waals surface area contributed by atoms with Gasteiger partial charge in [0, 0.05) is 11.8 Å². The highest BCUT2D eigenvalue weighted by molar-refractivity contribution is 5.95. The maximum Gasteiger partial charge on any atom is 0.573 e. The first-order valence-electron chi connectivity index (χ1n) is 9.36. The van der Waals surface area contributed by atoms with Crippen LogP contribution in [0.2, 0.25) is 0 Å². The Bertz CT molecular complexity index is 1330. The summed E-state index contributed by atoms with van der Waals surface area (Å²) in [6, 6.07) is 10.3. The average Bonchev–Trinajstić information content (AvgIpc) is 3.07. The zero-order valence-electron chi connectivity index (χ0n) is 16.5. The van der Waals surface area contributed by atoms with E-state index in [9.17, 15) is 31.1 Å². The largest absolute Gasteiger partial charge is 0.573 e. The van der Waals surface area contributed by atoms with Crippen molar-refractivity contribution < 1.29 is 35.9 Å². The molecule has 2 aromatic carbocycles. The highest BCUT2D eigenvalue weighted by atomic mass is 19.4. The summed E-state index contributed by atoms with van der Waals surface area (Å²) in [6.45, 7) is 0. The number of nitrogens with zero attached hydrogens (tertiary/aromatic N) is 2. The Morgan fingerprint density at radius 2 is 1.67 bits per heavy atom. The lowest BCUT2D eigenvalue weighted by atomic mass is 10.1. The number of nitrogens with one attached hydrogen (secondary N) is 1. The monoisotopic (exact) mass is 465 g/mol. The van der Waals surface area contributed by atoms with Crippen molar-refractivity contribution in [2.75, 3.05) is 5.32 Å². The minimum absolute atomic E-state index is 0.0113. The fourth-order valence-corrected chi connectivity index (χ4v) is 3.20. The van der Waals surface area contributed by atoms with Crippen molar-refractivity contribution in [3.8, 4) is 17.0 Å². The molecule has 170 valence electrons. The van der Waals surface area contributed by atoms with Gasteiger partial charge < -0.3 is 10.1 Å². The van der Waals surface area contributed by atoms with E-state index in [2.05, 4.69) is 15.0 Å². The van der Waals surface area contributed by atoms with E-state index in [4.69, 9.17) is 0 Å². The first-order valence-corrected chi connectivity index (χ1v) is 9.36. The minimum atomic E-state index is -5.09. The number of anilines is 1. The number of ether oxygens (including phenoxy) is 1. The molecule has 4 rings (SSSR count). The maximum absolute atomic E-state index is 14.3. The van der Waals surface area contributed by atoms with Gasteiger partial charge in [-0.15, -0.1) is 13.2 Å². The number of pyridine rings is 1. The zero-order chi connectivity index (χ0) is 23.8. The van der Waals surface area contributed by atoms with Crippen LogP contribution in [0.1, 0.15) is 5.56 Å². The van der Waals surface area contributed by atoms with Crippen LogP contribution in [0.25, 0.3) is 16.9 Å². The summed E-state index contributed by atoms with van der Waals surface area (Å²) >= 11 is 0. The maximum atomic E-state index is 14.3. The predicted octanol–water partition coefficient (Wildman–Crippen LogP) is 5.50. The Labute approximate surface area is 182 Å². The molecule has 0 saturated carbocycles. The standard InChI is InChI=1S/C22H13F6N3O2/c23-14-4-1-12(2-5-14)9-19(32)30-21-20(31-11-15(24)6-8-18(31)29-21)13-3-7-17(16(25)10-13)33-22(26,27)28/h1-8,10-11H,9H2,(H,30,32). The number of amides is 1. The Morgan fingerprint density at radius 1 is 0.970 bits per heavy atom. The third kappa shape index (κ3) is 5.08. The molecule has 0 aliphatic rings. The van der Waals surface area contributed by atoms with Crippen molar-refractivity contribution in [3.05, 3.63) is 83.8 Å². The van der Waals surface area contributed by atoms with Crippen molar-refractivity contribution in [2.45, 2.75) is 12.8 Å². The summed E-state index contributed by atoms with van der Waals surface area (Å²) in [6.07, 6.45) is -4.20. The van der Waals surface area contributed by atoms with Crippen LogP contribution < -0.4 is 10.1 Å². The molecule has 1 amide bonds. The second-order valence-corrected chi connectivity index (χ2v) is 6.93. The summed E-state index contributed by atoms with van der Waals surface area (Å²) in [5, 5.41) is 2.53. The van der Waals surface area contributed by atoms with Crippen LogP contribution in [0.3, 0.4) is 0 Å². The smallest absolute Gasteiger partial charge is 0.403 e. The van der Waals surface area contributed by atoms with Crippen LogP contribution in [-0.4, -0.2) is 21.7 Å².